The fraction of sp³-hybridized carbons (Fsp3) is 0.304. The van der Waals surface area contributed by atoms with E-state index in [1.807, 2.05) is 0 Å². The summed E-state index contributed by atoms with van der Waals surface area (Å²) in [4.78, 5) is 7.89. The number of rotatable bonds is 5. The summed E-state index contributed by atoms with van der Waals surface area (Å²) < 4.78 is 56.7. The van der Waals surface area contributed by atoms with E-state index in [9.17, 15) is 18.3 Å². The molecule has 8 heteroatoms. The van der Waals surface area contributed by atoms with Gasteiger partial charge in [0.25, 0.3) is 0 Å². The first kappa shape index (κ1) is 22.7. The Morgan fingerprint density at radius 2 is 1.48 bits per heavy atom. The average molecular weight is 434 g/mol. The highest BCUT2D eigenvalue weighted by Crippen LogP contribution is 2.45. The zero-order chi connectivity index (χ0) is 22.9. The number of nitrogens with zero attached hydrogens (tertiary/aromatic N) is 2. The van der Waals surface area contributed by atoms with Gasteiger partial charge in [-0.15, -0.1) is 0 Å². The Bertz CT molecular complexity index is 1030. The number of aromatic nitrogens is 2. The molecule has 0 aliphatic rings. The lowest BCUT2D eigenvalue weighted by molar-refractivity contribution is -0.153. The molecule has 3 aromatic rings. The van der Waals surface area contributed by atoms with Gasteiger partial charge in [-0.3, -0.25) is 0 Å². The topological polar surface area (TPSA) is 55.2 Å². The van der Waals surface area contributed by atoms with Crippen LogP contribution < -0.4 is 4.74 Å². The summed E-state index contributed by atoms with van der Waals surface area (Å²) in [5.74, 6) is -0.569. The summed E-state index contributed by atoms with van der Waals surface area (Å²) in [6.07, 6.45) is -0.198. The van der Waals surface area contributed by atoms with Crippen LogP contribution in [0.3, 0.4) is 0 Å². The van der Waals surface area contributed by atoms with Crippen molar-refractivity contribution in [1.82, 2.24) is 9.97 Å². The molecule has 1 N–H and O–H groups in total. The number of aliphatic hydroxyl groups is 1. The maximum Gasteiger partial charge on any atom is 0.422 e. The van der Waals surface area contributed by atoms with Crippen LogP contribution in [0.25, 0.3) is 11.1 Å². The molecular weight excluding hydrogens is 412 g/mol. The molecule has 1 unspecified atom stereocenters. The van der Waals surface area contributed by atoms with Crippen LogP contribution in [0.5, 0.6) is 5.75 Å². The number of alkyl halides is 3. The zero-order valence-corrected chi connectivity index (χ0v) is 17.2. The largest absolute Gasteiger partial charge is 0.484 e. The lowest BCUT2D eigenvalue weighted by atomic mass is 9.68. The van der Waals surface area contributed by atoms with Crippen molar-refractivity contribution in [3.05, 3.63) is 78.1 Å². The van der Waals surface area contributed by atoms with Gasteiger partial charge in [0.1, 0.15) is 23.5 Å². The van der Waals surface area contributed by atoms with Crippen LogP contribution in [0.2, 0.25) is 0 Å². The van der Waals surface area contributed by atoms with Crippen LogP contribution >= 0.6 is 0 Å². The molecule has 0 radical (unpaired) electrons. The smallest absolute Gasteiger partial charge is 0.422 e. The van der Waals surface area contributed by atoms with Crippen LogP contribution in [0.1, 0.15) is 31.9 Å². The highest BCUT2D eigenvalue weighted by molar-refractivity contribution is 5.65. The van der Waals surface area contributed by atoms with Crippen molar-refractivity contribution < 1.29 is 27.4 Å². The van der Waals surface area contributed by atoms with E-state index in [0.29, 0.717) is 16.7 Å². The molecular formula is C23H22F4N2O2. The van der Waals surface area contributed by atoms with E-state index in [1.165, 1.54) is 43.0 Å². The minimum absolute atomic E-state index is 0.0596. The van der Waals surface area contributed by atoms with Crippen molar-refractivity contribution in [2.75, 3.05) is 6.61 Å². The molecule has 0 fully saturated rings. The minimum atomic E-state index is -4.43. The molecule has 0 saturated heterocycles. The number of hydrogen-bond donors (Lipinski definition) is 1. The van der Waals surface area contributed by atoms with Gasteiger partial charge in [0.2, 0.25) is 0 Å². The van der Waals surface area contributed by atoms with Crippen molar-refractivity contribution in [3.8, 4) is 16.9 Å². The lowest BCUT2D eigenvalue weighted by Crippen LogP contribution is -2.42. The lowest BCUT2D eigenvalue weighted by Gasteiger charge is -2.41. The molecule has 4 nitrogen and oxygen atoms in total. The third-order valence-electron chi connectivity index (χ3n) is 5.01. The highest BCUT2D eigenvalue weighted by Gasteiger charge is 2.45. The molecule has 0 saturated carbocycles. The number of hydrogen-bond acceptors (Lipinski definition) is 4. The van der Waals surface area contributed by atoms with E-state index in [-0.39, 0.29) is 11.3 Å². The first-order valence-corrected chi connectivity index (χ1v) is 9.50. The predicted molar refractivity (Wildman–Crippen MR) is 108 cm³/mol. The van der Waals surface area contributed by atoms with Gasteiger partial charge in [-0.05, 0) is 34.7 Å². The van der Waals surface area contributed by atoms with Crippen molar-refractivity contribution in [2.45, 2.75) is 32.5 Å². The molecule has 3 rings (SSSR count). The van der Waals surface area contributed by atoms with Crippen molar-refractivity contribution >= 4 is 0 Å². The normalized spacial score (nSPS) is 14.2. The van der Waals surface area contributed by atoms with Crippen LogP contribution in [-0.2, 0) is 5.60 Å². The fourth-order valence-corrected chi connectivity index (χ4v) is 3.38. The Morgan fingerprint density at radius 3 is 2.00 bits per heavy atom. The first-order chi connectivity index (χ1) is 14.4. The van der Waals surface area contributed by atoms with Gasteiger partial charge in [0.15, 0.2) is 6.61 Å². The SMILES string of the molecule is CC(C)(C)C(O)(c1cncnc1)c1ccc(-c2ccc(OCC(F)(F)F)cc2)cc1F. The van der Waals surface area contributed by atoms with E-state index < -0.39 is 29.6 Å². The van der Waals surface area contributed by atoms with Gasteiger partial charge >= 0.3 is 6.18 Å². The summed E-state index contributed by atoms with van der Waals surface area (Å²) >= 11 is 0. The van der Waals surface area contributed by atoms with E-state index >= 15 is 4.39 Å². The quantitative estimate of drug-likeness (QED) is 0.539. The van der Waals surface area contributed by atoms with Crippen molar-refractivity contribution in [1.29, 1.82) is 0 Å². The van der Waals surface area contributed by atoms with Gasteiger partial charge in [0, 0.05) is 23.5 Å². The second-order valence-electron chi connectivity index (χ2n) is 8.21. The predicted octanol–water partition coefficient (Wildman–Crippen LogP) is 5.51. The number of halogens is 4. The van der Waals surface area contributed by atoms with Crippen LogP contribution in [0, 0.1) is 11.2 Å². The molecule has 164 valence electrons. The molecule has 0 aliphatic heterocycles. The van der Waals surface area contributed by atoms with E-state index in [4.69, 9.17) is 4.74 Å². The summed E-state index contributed by atoms with van der Waals surface area (Å²) in [7, 11) is 0. The van der Waals surface area contributed by atoms with Gasteiger partial charge in [-0.25, -0.2) is 14.4 Å². The maximum absolute atomic E-state index is 15.2. The number of ether oxygens (including phenoxy) is 1. The standard InChI is InChI=1S/C23H22F4N2O2/c1-21(2,3)23(30,17-11-28-14-29-12-17)19-9-6-16(10-20(19)24)15-4-7-18(8-5-15)31-13-22(25,26)27/h4-12,14,30H,13H2,1-3H3. The zero-order valence-electron chi connectivity index (χ0n) is 17.2. The molecule has 1 aromatic heterocycles. The van der Waals surface area contributed by atoms with Crippen molar-refractivity contribution in [2.24, 2.45) is 5.41 Å². The molecule has 31 heavy (non-hydrogen) atoms. The minimum Gasteiger partial charge on any atom is -0.484 e. The molecule has 1 atom stereocenters. The number of benzene rings is 2. The summed E-state index contributed by atoms with van der Waals surface area (Å²) in [5, 5.41) is 11.6. The Hall–Kier alpha value is -3.00. The van der Waals surface area contributed by atoms with E-state index in [1.54, 1.807) is 39.0 Å². The Morgan fingerprint density at radius 1 is 0.903 bits per heavy atom. The Balaban J connectivity index is 1.94. The van der Waals surface area contributed by atoms with Gasteiger partial charge < -0.3 is 9.84 Å². The van der Waals surface area contributed by atoms with Gasteiger partial charge in [-0.1, -0.05) is 45.0 Å². The Kier molecular flexibility index (Phi) is 6.04. The van der Waals surface area contributed by atoms with Gasteiger partial charge in [0.05, 0.1) is 0 Å². The average Bonchev–Trinajstić information content (AvgIpc) is 2.71. The van der Waals surface area contributed by atoms with Crippen LogP contribution in [0.15, 0.2) is 61.2 Å². The molecule has 0 amide bonds. The molecule has 0 spiro atoms. The summed E-state index contributed by atoms with van der Waals surface area (Å²) in [6, 6.07) is 10.3. The molecule has 2 aromatic carbocycles. The summed E-state index contributed by atoms with van der Waals surface area (Å²) in [6.45, 7) is 3.97. The molecule has 1 heterocycles. The molecule has 0 aliphatic carbocycles. The fourth-order valence-electron chi connectivity index (χ4n) is 3.38. The first-order valence-electron chi connectivity index (χ1n) is 9.50. The Labute approximate surface area is 177 Å². The van der Waals surface area contributed by atoms with Gasteiger partial charge in [-0.2, -0.15) is 13.2 Å². The van der Waals surface area contributed by atoms with Crippen molar-refractivity contribution in [3.63, 3.8) is 0 Å². The van der Waals surface area contributed by atoms with Crippen LogP contribution in [0.4, 0.5) is 17.6 Å². The van der Waals surface area contributed by atoms with E-state index in [2.05, 4.69) is 9.97 Å². The monoisotopic (exact) mass is 434 g/mol. The summed E-state index contributed by atoms with van der Waals surface area (Å²) in [5.41, 5.74) is -0.940. The third-order valence-corrected chi connectivity index (χ3v) is 5.01. The second-order valence-corrected chi connectivity index (χ2v) is 8.21. The highest BCUT2D eigenvalue weighted by atomic mass is 19.4. The second kappa shape index (κ2) is 8.26. The van der Waals surface area contributed by atoms with Crippen LogP contribution in [-0.4, -0.2) is 27.9 Å². The van der Waals surface area contributed by atoms with E-state index in [0.717, 1.165) is 0 Å². The molecule has 0 bridgehead atoms. The maximum atomic E-state index is 15.2. The third kappa shape index (κ3) is 4.85.